The molecule has 11 N–H and O–H groups in total. The van der Waals surface area contributed by atoms with Crippen LogP contribution in [0, 0.1) is 44.3 Å². The van der Waals surface area contributed by atoms with Gasteiger partial charge < -0.3 is 89.3 Å². The van der Waals surface area contributed by atoms with E-state index < -0.39 is 134 Å². The van der Waals surface area contributed by atoms with E-state index in [0.29, 0.717) is 19.3 Å². The molecule has 3 aliphatic heterocycles. The molecule has 3 saturated carbocycles. The highest BCUT2D eigenvalue weighted by Crippen LogP contribution is 2.75. The lowest BCUT2D eigenvalue weighted by molar-refractivity contribution is -0.373. The van der Waals surface area contributed by atoms with Crippen LogP contribution >= 0.6 is 0 Å². The molecule has 23 atom stereocenters. The van der Waals surface area contributed by atoms with Gasteiger partial charge in [-0.15, -0.1) is 0 Å². The third kappa shape index (κ3) is 8.12. The summed E-state index contributed by atoms with van der Waals surface area (Å²) >= 11 is 0. The van der Waals surface area contributed by atoms with Gasteiger partial charge in [0.1, 0.15) is 72.9 Å². The minimum Gasteiger partial charge on any atom is -0.501 e. The van der Waals surface area contributed by atoms with Crippen LogP contribution in [0.5, 0.6) is 0 Å². The predicted octanol–water partition coefficient (Wildman–Crippen LogP) is 0.507. The molecule has 0 spiro atoms. The molecule has 5 aliphatic carbocycles. The number of methoxy groups -OCH3 is 1. The summed E-state index contributed by atoms with van der Waals surface area (Å²) < 4.78 is 42.8. The molecule has 3 saturated heterocycles. The summed E-state index contributed by atoms with van der Waals surface area (Å²) in [5.41, 5.74) is 0.0900. The fraction of sp³-hybridized carbons (Fsp3) is 0.918. The maximum atomic E-state index is 12.2. The van der Waals surface area contributed by atoms with Crippen LogP contribution in [0.25, 0.3) is 0 Å². The smallest absolute Gasteiger partial charge is 0.187 e. The summed E-state index contributed by atoms with van der Waals surface area (Å²) in [7, 11) is 1.74. The van der Waals surface area contributed by atoms with Gasteiger partial charge in [-0.1, -0.05) is 54.0 Å². The van der Waals surface area contributed by atoms with Gasteiger partial charge in [0.2, 0.25) is 0 Å². The number of fused-ring (bicyclic) bond motifs is 6. The Hall–Kier alpha value is -1.40. The molecule has 8 aliphatic rings. The summed E-state index contributed by atoms with van der Waals surface area (Å²) in [5.74, 6) is 0.929. The highest BCUT2D eigenvalue weighted by atomic mass is 16.8. The monoisotopic (exact) mass is 957 g/mol. The van der Waals surface area contributed by atoms with Crippen LogP contribution in [0.3, 0.4) is 0 Å². The van der Waals surface area contributed by atoms with Gasteiger partial charge in [-0.25, -0.2) is 0 Å². The van der Waals surface area contributed by atoms with Gasteiger partial charge in [-0.05, 0) is 97.5 Å². The molecule has 3 heterocycles. The average molecular weight is 957 g/mol. The van der Waals surface area contributed by atoms with Crippen LogP contribution in [-0.4, -0.2) is 187 Å². The van der Waals surface area contributed by atoms with Gasteiger partial charge in [-0.3, -0.25) is 0 Å². The van der Waals surface area contributed by atoms with E-state index in [0.717, 1.165) is 43.4 Å². The van der Waals surface area contributed by atoms with Gasteiger partial charge in [-0.2, -0.15) is 0 Å². The number of rotatable bonds is 10. The van der Waals surface area contributed by atoms with E-state index in [4.69, 9.17) is 33.2 Å². The van der Waals surface area contributed by atoms with Crippen molar-refractivity contribution in [1.29, 1.82) is 0 Å². The van der Waals surface area contributed by atoms with E-state index >= 15 is 0 Å². The zero-order valence-corrected chi connectivity index (χ0v) is 40.6. The lowest BCUT2D eigenvalue weighted by Crippen LogP contribution is -2.67. The van der Waals surface area contributed by atoms with Gasteiger partial charge in [0.05, 0.1) is 45.2 Å². The van der Waals surface area contributed by atoms with E-state index in [-0.39, 0.29) is 34.7 Å². The normalized spacial score (nSPS) is 52.8. The molecule has 6 fully saturated rings. The van der Waals surface area contributed by atoms with Crippen LogP contribution in [0.15, 0.2) is 23.0 Å². The van der Waals surface area contributed by atoms with Crippen LogP contribution in [-0.2, 0) is 33.2 Å². The largest absolute Gasteiger partial charge is 0.501 e. The molecule has 18 heteroatoms. The SMILES string of the molecule is COC1=CC2=C3CC(C)(C)CC[C@]3(CO)[C@@H](O)C[C@@]2(C)[C@]2(C)CC[C@H]3C(C)(C)[C@@H](O[C@@H]4O[C@H](CO[C@@H]5O[C@H](CO)[C@@H](O)[C@H](O)[C@H]5O)[C@@H](O[C@@H]5O[C@@H](C)[C@H](O)[C@@H](O)[C@H]5O)[C@H](O)[C@H]4O)CC[C@]3(C)[C@@H]12. The van der Waals surface area contributed by atoms with Crippen LogP contribution in [0.4, 0.5) is 0 Å². The van der Waals surface area contributed by atoms with Gasteiger partial charge >= 0.3 is 0 Å². The Labute approximate surface area is 393 Å². The topological polar surface area (TPSA) is 287 Å². The number of aliphatic hydroxyl groups excluding tert-OH is 11. The highest BCUT2D eigenvalue weighted by Gasteiger charge is 2.70. The molecule has 0 unspecified atom stereocenters. The fourth-order valence-electron chi connectivity index (χ4n) is 14.7. The molecule has 0 bridgehead atoms. The Bertz CT molecular complexity index is 1860. The third-order valence-electron chi connectivity index (χ3n) is 19.0. The quantitative estimate of drug-likeness (QED) is 0.133. The van der Waals surface area contributed by atoms with Crippen molar-refractivity contribution in [2.24, 2.45) is 44.3 Å². The number of aliphatic hydroxyl groups is 11. The van der Waals surface area contributed by atoms with Crippen LogP contribution < -0.4 is 0 Å². The summed E-state index contributed by atoms with van der Waals surface area (Å²) in [6, 6.07) is 0. The number of allylic oxidation sites excluding steroid dienone is 3. The summed E-state index contributed by atoms with van der Waals surface area (Å²) in [5, 5.41) is 120. The second kappa shape index (κ2) is 18.3. The molecular weight excluding hydrogens is 877 g/mol. The molecule has 0 aromatic carbocycles. The summed E-state index contributed by atoms with van der Waals surface area (Å²) in [6.07, 6.45) is -16.5. The standard InChI is InChI=1S/C49H80O18/c1-22-31(53)33(55)37(59)42(63-22)67-39-27(20-62-41-36(58)34(56)32(54)26(19-50)64-41)65-43(38(60)35(39)57)66-30-11-12-46(6)28(45(30,4)5)10-13-47(7)40(46)25(61-9)16-23-24-17-44(2,3)14-15-49(24,21-51)29(52)18-48(23,47)8/h16,22,26-43,50-60H,10-15,17-21H2,1-9H3/t22-,26+,27+,28-,29-,30-,31-,32+,33+,34-,35+,36+,37+,38+,39+,40+,41+,42-,43-,46-,47+,48+,49+/m0/s1. The van der Waals surface area contributed by atoms with E-state index in [9.17, 15) is 56.2 Å². The average Bonchev–Trinajstić information content (AvgIpc) is 3.27. The van der Waals surface area contributed by atoms with Crippen LogP contribution in [0.1, 0.15) is 107 Å². The second-order valence-electron chi connectivity index (χ2n) is 23.6. The predicted molar refractivity (Wildman–Crippen MR) is 236 cm³/mol. The van der Waals surface area contributed by atoms with E-state index in [1.165, 1.54) is 12.5 Å². The van der Waals surface area contributed by atoms with Gasteiger partial charge in [0.25, 0.3) is 0 Å². The Morgan fingerprint density at radius 2 is 1.30 bits per heavy atom. The van der Waals surface area contributed by atoms with Gasteiger partial charge in [0, 0.05) is 16.7 Å². The van der Waals surface area contributed by atoms with Crippen molar-refractivity contribution in [1.82, 2.24) is 0 Å². The lowest BCUT2D eigenvalue weighted by atomic mass is 9.34. The minimum atomic E-state index is -1.77. The number of hydrogen-bond acceptors (Lipinski definition) is 18. The lowest BCUT2D eigenvalue weighted by Gasteiger charge is -2.70. The Balaban J connectivity index is 1.07. The zero-order chi connectivity index (χ0) is 49.1. The first-order chi connectivity index (χ1) is 31.3. The summed E-state index contributed by atoms with van der Waals surface area (Å²) in [4.78, 5) is 0. The molecule has 0 amide bonds. The molecule has 18 nitrogen and oxygen atoms in total. The second-order valence-corrected chi connectivity index (χ2v) is 23.6. The molecule has 8 rings (SSSR count). The first kappa shape index (κ1) is 51.9. The van der Waals surface area contributed by atoms with Crippen molar-refractivity contribution >= 4 is 0 Å². The van der Waals surface area contributed by atoms with Crippen LogP contribution in [0.2, 0.25) is 0 Å². The Morgan fingerprint density at radius 1 is 0.672 bits per heavy atom. The maximum absolute atomic E-state index is 12.2. The van der Waals surface area contributed by atoms with E-state index in [2.05, 4.69) is 54.5 Å². The molecule has 67 heavy (non-hydrogen) atoms. The van der Waals surface area contributed by atoms with Crippen molar-refractivity contribution in [3.63, 3.8) is 0 Å². The number of ether oxygens (including phenoxy) is 7. The van der Waals surface area contributed by atoms with Crippen molar-refractivity contribution in [2.75, 3.05) is 26.9 Å². The molecule has 0 aromatic heterocycles. The highest BCUT2D eigenvalue weighted by molar-refractivity contribution is 5.48. The molecule has 0 aromatic rings. The maximum Gasteiger partial charge on any atom is 0.187 e. The fourth-order valence-corrected chi connectivity index (χ4v) is 14.7. The summed E-state index contributed by atoms with van der Waals surface area (Å²) in [6.45, 7) is 16.0. The van der Waals surface area contributed by atoms with Gasteiger partial charge in [0.15, 0.2) is 18.9 Å². The number of hydrogen-bond donors (Lipinski definition) is 11. The van der Waals surface area contributed by atoms with Crippen molar-refractivity contribution in [2.45, 2.75) is 211 Å². The first-order valence-electron chi connectivity index (χ1n) is 24.5. The zero-order valence-electron chi connectivity index (χ0n) is 40.6. The van der Waals surface area contributed by atoms with E-state index in [1.807, 2.05) is 0 Å². The van der Waals surface area contributed by atoms with E-state index in [1.54, 1.807) is 7.11 Å². The molecule has 0 radical (unpaired) electrons. The van der Waals surface area contributed by atoms with Crippen molar-refractivity contribution in [3.8, 4) is 0 Å². The van der Waals surface area contributed by atoms with Crippen molar-refractivity contribution < 1.29 is 89.3 Å². The Morgan fingerprint density at radius 3 is 1.96 bits per heavy atom. The molecular formula is C49H80O18. The van der Waals surface area contributed by atoms with Crippen molar-refractivity contribution in [3.05, 3.63) is 23.0 Å². The third-order valence-corrected chi connectivity index (χ3v) is 19.0. The Kier molecular flexibility index (Phi) is 14.2. The molecule has 384 valence electrons. The minimum absolute atomic E-state index is 0.0137. The first-order valence-corrected chi connectivity index (χ1v) is 24.5.